The van der Waals surface area contributed by atoms with Crippen LogP contribution >= 0.6 is 0 Å². The largest absolute Gasteiger partial charge is 0.497 e. The molecule has 2 fully saturated rings. The van der Waals surface area contributed by atoms with Gasteiger partial charge in [-0.1, -0.05) is 12.1 Å². The van der Waals surface area contributed by atoms with Gasteiger partial charge in [-0.05, 0) is 43.6 Å². The Morgan fingerprint density at radius 2 is 1.85 bits per heavy atom. The van der Waals surface area contributed by atoms with Crippen molar-refractivity contribution in [2.75, 3.05) is 39.8 Å². The summed E-state index contributed by atoms with van der Waals surface area (Å²) >= 11 is 0. The molecule has 0 bridgehead atoms. The first-order chi connectivity index (χ1) is 9.82. The lowest BCUT2D eigenvalue weighted by atomic mass is 9.84. The first-order valence-corrected chi connectivity index (χ1v) is 7.62. The summed E-state index contributed by atoms with van der Waals surface area (Å²) in [6.45, 7) is 6.70. The molecule has 2 aliphatic rings. The van der Waals surface area contributed by atoms with Crippen LogP contribution in [-0.4, -0.2) is 50.3 Å². The molecular formula is C16H25N3O. The summed E-state index contributed by atoms with van der Waals surface area (Å²) < 4.78 is 5.24. The van der Waals surface area contributed by atoms with Gasteiger partial charge in [-0.25, -0.2) is 0 Å². The SMILES string of the molecule is COc1ccc(CN2CCNCC23CCNCC3)cc1. The number of piperazine rings is 1. The molecule has 2 saturated heterocycles. The Kier molecular flexibility index (Phi) is 4.24. The van der Waals surface area contributed by atoms with Crippen molar-refractivity contribution < 1.29 is 4.74 Å². The third-order valence-corrected chi connectivity index (χ3v) is 4.75. The Labute approximate surface area is 121 Å². The molecule has 0 unspecified atom stereocenters. The number of benzene rings is 1. The van der Waals surface area contributed by atoms with Gasteiger partial charge in [0.25, 0.3) is 0 Å². The highest BCUT2D eigenvalue weighted by Gasteiger charge is 2.39. The second kappa shape index (κ2) is 6.12. The van der Waals surface area contributed by atoms with Crippen LogP contribution in [0.5, 0.6) is 5.75 Å². The highest BCUT2D eigenvalue weighted by Crippen LogP contribution is 2.29. The molecule has 0 aliphatic carbocycles. The lowest BCUT2D eigenvalue weighted by Crippen LogP contribution is -2.64. The van der Waals surface area contributed by atoms with Crippen molar-refractivity contribution in [3.05, 3.63) is 29.8 Å². The van der Waals surface area contributed by atoms with Gasteiger partial charge in [-0.3, -0.25) is 4.90 Å². The summed E-state index contributed by atoms with van der Waals surface area (Å²) in [5.74, 6) is 0.936. The quantitative estimate of drug-likeness (QED) is 0.870. The number of hydrogen-bond acceptors (Lipinski definition) is 4. The zero-order valence-corrected chi connectivity index (χ0v) is 12.3. The van der Waals surface area contributed by atoms with Crippen LogP contribution in [-0.2, 0) is 6.54 Å². The molecule has 0 atom stereocenters. The summed E-state index contributed by atoms with van der Waals surface area (Å²) in [5, 5.41) is 7.07. The van der Waals surface area contributed by atoms with Crippen LogP contribution in [0, 0.1) is 0 Å². The molecule has 4 heteroatoms. The minimum absolute atomic E-state index is 0.351. The molecule has 110 valence electrons. The van der Waals surface area contributed by atoms with Crippen LogP contribution in [0.15, 0.2) is 24.3 Å². The van der Waals surface area contributed by atoms with E-state index in [0.717, 1.165) is 45.0 Å². The molecule has 2 N–H and O–H groups in total. The van der Waals surface area contributed by atoms with E-state index in [4.69, 9.17) is 4.74 Å². The fourth-order valence-electron chi connectivity index (χ4n) is 3.47. The van der Waals surface area contributed by atoms with Crippen molar-refractivity contribution in [3.63, 3.8) is 0 Å². The topological polar surface area (TPSA) is 36.5 Å². The van der Waals surface area contributed by atoms with Gasteiger partial charge in [-0.15, -0.1) is 0 Å². The summed E-state index contributed by atoms with van der Waals surface area (Å²) in [5.41, 5.74) is 1.73. The van der Waals surface area contributed by atoms with Crippen LogP contribution in [0.4, 0.5) is 0 Å². The number of nitrogens with zero attached hydrogens (tertiary/aromatic N) is 1. The smallest absolute Gasteiger partial charge is 0.118 e. The fourth-order valence-corrected chi connectivity index (χ4v) is 3.47. The molecule has 2 heterocycles. The van der Waals surface area contributed by atoms with E-state index in [9.17, 15) is 0 Å². The second-order valence-corrected chi connectivity index (χ2v) is 5.92. The van der Waals surface area contributed by atoms with Gasteiger partial charge >= 0.3 is 0 Å². The van der Waals surface area contributed by atoms with E-state index >= 15 is 0 Å². The van der Waals surface area contributed by atoms with Crippen molar-refractivity contribution >= 4 is 0 Å². The predicted octanol–water partition coefficient (Wildman–Crippen LogP) is 1.22. The van der Waals surface area contributed by atoms with Gasteiger partial charge in [0.05, 0.1) is 7.11 Å². The van der Waals surface area contributed by atoms with E-state index in [0.29, 0.717) is 5.54 Å². The lowest BCUT2D eigenvalue weighted by Gasteiger charge is -2.50. The van der Waals surface area contributed by atoms with Crippen LogP contribution in [0.2, 0.25) is 0 Å². The van der Waals surface area contributed by atoms with Gasteiger partial charge in [0, 0.05) is 31.7 Å². The molecule has 1 aromatic rings. The number of ether oxygens (including phenoxy) is 1. The average molecular weight is 275 g/mol. The summed E-state index contributed by atoms with van der Waals surface area (Å²) in [4.78, 5) is 2.69. The minimum atomic E-state index is 0.351. The Morgan fingerprint density at radius 1 is 1.10 bits per heavy atom. The van der Waals surface area contributed by atoms with Gasteiger partial charge in [-0.2, -0.15) is 0 Å². The van der Waals surface area contributed by atoms with Gasteiger partial charge in [0.15, 0.2) is 0 Å². The van der Waals surface area contributed by atoms with Crippen molar-refractivity contribution in [3.8, 4) is 5.75 Å². The number of methoxy groups -OCH3 is 1. The second-order valence-electron chi connectivity index (χ2n) is 5.92. The summed E-state index contributed by atoms with van der Waals surface area (Å²) in [6.07, 6.45) is 2.49. The molecule has 0 saturated carbocycles. The predicted molar refractivity (Wildman–Crippen MR) is 81.1 cm³/mol. The first-order valence-electron chi connectivity index (χ1n) is 7.62. The molecular weight excluding hydrogens is 250 g/mol. The Bertz CT molecular complexity index is 418. The molecule has 3 rings (SSSR count). The molecule has 4 nitrogen and oxygen atoms in total. The Morgan fingerprint density at radius 3 is 2.55 bits per heavy atom. The molecule has 0 aromatic heterocycles. The maximum Gasteiger partial charge on any atom is 0.118 e. The van der Waals surface area contributed by atoms with Crippen LogP contribution in [0.1, 0.15) is 18.4 Å². The van der Waals surface area contributed by atoms with Crippen molar-refractivity contribution in [1.82, 2.24) is 15.5 Å². The normalized spacial score (nSPS) is 22.9. The van der Waals surface area contributed by atoms with E-state index in [1.165, 1.54) is 18.4 Å². The number of piperidine rings is 1. The van der Waals surface area contributed by atoms with E-state index in [-0.39, 0.29) is 0 Å². The van der Waals surface area contributed by atoms with Crippen LogP contribution in [0.25, 0.3) is 0 Å². The lowest BCUT2D eigenvalue weighted by molar-refractivity contribution is 0.0263. The fraction of sp³-hybridized carbons (Fsp3) is 0.625. The number of nitrogens with one attached hydrogen (secondary N) is 2. The van der Waals surface area contributed by atoms with Gasteiger partial charge < -0.3 is 15.4 Å². The van der Waals surface area contributed by atoms with E-state index < -0.39 is 0 Å². The zero-order valence-electron chi connectivity index (χ0n) is 12.3. The maximum atomic E-state index is 5.24. The molecule has 1 spiro atoms. The molecule has 0 amide bonds. The van der Waals surface area contributed by atoms with Crippen molar-refractivity contribution in [2.24, 2.45) is 0 Å². The third-order valence-electron chi connectivity index (χ3n) is 4.75. The maximum absolute atomic E-state index is 5.24. The van der Waals surface area contributed by atoms with Crippen molar-refractivity contribution in [1.29, 1.82) is 0 Å². The highest BCUT2D eigenvalue weighted by molar-refractivity contribution is 5.27. The van der Waals surface area contributed by atoms with Gasteiger partial charge in [0.1, 0.15) is 5.75 Å². The Balaban J connectivity index is 1.72. The first kappa shape index (κ1) is 13.9. The Hall–Kier alpha value is -1.10. The number of rotatable bonds is 3. The molecule has 0 radical (unpaired) electrons. The standard InChI is InChI=1S/C16H25N3O/c1-20-15-4-2-14(3-5-15)12-19-11-10-18-13-16(19)6-8-17-9-7-16/h2-5,17-18H,6-13H2,1H3. The van der Waals surface area contributed by atoms with E-state index in [1.807, 2.05) is 0 Å². The monoisotopic (exact) mass is 275 g/mol. The average Bonchev–Trinajstić information content (AvgIpc) is 2.51. The minimum Gasteiger partial charge on any atom is -0.497 e. The third kappa shape index (κ3) is 2.82. The number of hydrogen-bond donors (Lipinski definition) is 2. The van der Waals surface area contributed by atoms with Crippen LogP contribution in [0.3, 0.4) is 0 Å². The van der Waals surface area contributed by atoms with Crippen LogP contribution < -0.4 is 15.4 Å². The molecule has 1 aromatic carbocycles. The summed E-state index contributed by atoms with van der Waals surface area (Å²) in [6, 6.07) is 8.50. The van der Waals surface area contributed by atoms with Gasteiger partial charge in [0.2, 0.25) is 0 Å². The van der Waals surface area contributed by atoms with E-state index in [1.54, 1.807) is 7.11 Å². The summed E-state index contributed by atoms with van der Waals surface area (Å²) in [7, 11) is 1.72. The molecule has 20 heavy (non-hydrogen) atoms. The van der Waals surface area contributed by atoms with E-state index in [2.05, 4.69) is 39.8 Å². The van der Waals surface area contributed by atoms with Crippen molar-refractivity contribution in [2.45, 2.75) is 24.9 Å². The highest BCUT2D eigenvalue weighted by atomic mass is 16.5. The zero-order chi connectivity index (χ0) is 13.8. The molecule has 2 aliphatic heterocycles.